The van der Waals surface area contributed by atoms with Crippen molar-refractivity contribution in [3.05, 3.63) is 166 Å². The van der Waals surface area contributed by atoms with Gasteiger partial charge in [0.1, 0.15) is 8.07 Å². The van der Waals surface area contributed by atoms with Crippen LogP contribution in [0.4, 0.5) is 0 Å². The van der Waals surface area contributed by atoms with Crippen LogP contribution in [0.1, 0.15) is 52.9 Å². The van der Waals surface area contributed by atoms with E-state index in [4.69, 9.17) is 22.9 Å². The molecule has 0 spiro atoms. The molecule has 0 aliphatic carbocycles. The minimum Gasteiger partial charge on any atom is -1.00 e. The monoisotopic (exact) mass is 838 g/mol. The van der Waals surface area contributed by atoms with E-state index in [0.717, 1.165) is 55.6 Å². The predicted molar refractivity (Wildman–Crippen MR) is 240 cm³/mol. The van der Waals surface area contributed by atoms with Gasteiger partial charge in [-0.05, 0) is 79.1 Å². The van der Waals surface area contributed by atoms with Crippen LogP contribution in [0.25, 0.3) is 44.5 Å². The summed E-state index contributed by atoms with van der Waals surface area (Å²) in [4.78, 5) is 11.2. The number of carbonyl (C=O) groups excluding carboxylic acids is 1. The Bertz CT molecular complexity index is 2470. The molecule has 0 N–H and O–H groups in total. The third kappa shape index (κ3) is 14.9. The van der Waals surface area contributed by atoms with E-state index >= 15 is 0 Å². The first kappa shape index (κ1) is 51.6. The molecule has 0 heterocycles. The molecule has 0 unspecified atom stereocenters. The van der Waals surface area contributed by atoms with E-state index in [1.807, 2.05) is 6.92 Å². The second kappa shape index (κ2) is 25.3. The fourth-order valence-electron chi connectivity index (χ4n) is 6.03. The van der Waals surface area contributed by atoms with Crippen molar-refractivity contribution < 1.29 is 119 Å². The Labute approximate surface area is 440 Å². The van der Waals surface area contributed by atoms with Gasteiger partial charge in [-0.15, -0.1) is 24.3 Å². The predicted octanol–water partition coefficient (Wildman–Crippen LogP) is 5.39. The van der Waals surface area contributed by atoms with Gasteiger partial charge in [-0.25, -0.2) is 0 Å². The van der Waals surface area contributed by atoms with Gasteiger partial charge in [-0.2, -0.15) is 0 Å². The van der Waals surface area contributed by atoms with E-state index in [1.165, 1.54) is 33.4 Å². The van der Waals surface area contributed by atoms with Gasteiger partial charge < -0.3 is 11.6 Å². The van der Waals surface area contributed by atoms with Crippen LogP contribution in [0, 0.1) is 75.7 Å². The van der Waals surface area contributed by atoms with Crippen LogP contribution < -0.4 is 108 Å². The quantitative estimate of drug-likeness (QED) is 0.0770. The zero-order valence-electron chi connectivity index (χ0n) is 37.0. The van der Waals surface area contributed by atoms with Gasteiger partial charge in [0.15, 0.2) is 0 Å². The van der Waals surface area contributed by atoms with Gasteiger partial charge in [0.25, 0.3) is 6.47 Å². The van der Waals surface area contributed by atoms with Gasteiger partial charge in [0, 0.05) is 22.3 Å². The normalized spacial score (nSPS) is 9.61. The molecule has 0 fully saturated rings. The van der Waals surface area contributed by atoms with Crippen LogP contribution >= 0.6 is 0 Å². The molecule has 6 aromatic carbocycles. The third-order valence-corrected chi connectivity index (χ3v) is 9.88. The maximum Gasteiger partial charge on any atom is 1.00 e. The zero-order valence-corrected chi connectivity index (χ0v) is 43.3. The van der Waals surface area contributed by atoms with E-state index < -0.39 is 8.07 Å². The molecule has 0 aliphatic rings. The number of hydrogen-bond acceptors (Lipinski definition) is 3. The first-order chi connectivity index (χ1) is 27.3. The van der Waals surface area contributed by atoms with E-state index in [9.17, 15) is 0 Å². The molecular formula is C53H48K2O3Si. The summed E-state index contributed by atoms with van der Waals surface area (Å²) in [6.07, 6.45) is 11.6. The van der Waals surface area contributed by atoms with E-state index in [1.54, 1.807) is 0 Å². The van der Waals surface area contributed by atoms with E-state index in [2.05, 4.69) is 209 Å². The Morgan fingerprint density at radius 3 is 0.983 bits per heavy atom. The smallest absolute Gasteiger partial charge is 1.00 e. The minimum atomic E-state index is -1.53. The summed E-state index contributed by atoms with van der Waals surface area (Å²) in [5, 5.41) is 8.43. The van der Waals surface area contributed by atoms with E-state index in [-0.39, 0.29) is 111 Å². The van der Waals surface area contributed by atoms with Crippen molar-refractivity contribution in [3.63, 3.8) is 0 Å². The molecule has 0 saturated carbocycles. The standard InChI is InChI=1S/C28H28Si.C24H18.CH2O3.2K.H/c1-7-8-27-25(23-13-9-21(2)10-14-23)17-18-26(24-15-11-22(3)12-16-24)28(27)19-20-29(4,5)6;1-5-21-22(6-2)24(20-13-9-18(4)10-14-20)16-15-23(21)19-11-7-17(3)8-12-19;2-1-4-3;;;/h9-18H,1-6H3;1-2,7-16H,3-4H3;1,3H;;;/q;;;2*+1;-1/p-1. The van der Waals surface area contributed by atoms with Crippen molar-refractivity contribution in [3.8, 4) is 92.5 Å². The Morgan fingerprint density at radius 1 is 0.508 bits per heavy atom. The molecule has 0 atom stereocenters. The van der Waals surface area contributed by atoms with Crippen LogP contribution in [0.3, 0.4) is 0 Å². The number of terminal acetylenes is 2. The van der Waals surface area contributed by atoms with Crippen molar-refractivity contribution in [2.45, 2.75) is 54.3 Å². The number of aryl methyl sites for hydroxylation is 4. The molecule has 6 heteroatoms. The largest absolute Gasteiger partial charge is 1.00 e. The SMILES string of the molecule is C#Cc1c(-c2ccc(C)cc2)ccc(-c2ccc(C)cc2)c1C#C.CC#Cc1c(-c2ccc(C)cc2)ccc(-c2ccc(C)cc2)c1C#C[Si](C)(C)C.O=CO[O-].[H-].[K+].[K+]. The van der Waals surface area contributed by atoms with Crippen molar-refractivity contribution in [1.29, 1.82) is 0 Å². The van der Waals surface area contributed by atoms with E-state index in [0.29, 0.717) is 0 Å². The maximum atomic E-state index is 8.64. The molecule has 0 bridgehead atoms. The van der Waals surface area contributed by atoms with Crippen LogP contribution in [0.15, 0.2) is 121 Å². The average Bonchev–Trinajstić information content (AvgIpc) is 3.21. The fourth-order valence-corrected chi connectivity index (χ4v) is 6.53. The van der Waals surface area contributed by atoms with Crippen molar-refractivity contribution >= 4 is 14.5 Å². The third-order valence-electron chi connectivity index (χ3n) is 9.00. The average molecular weight is 839 g/mol. The van der Waals surface area contributed by atoms with Gasteiger partial charge >= 0.3 is 103 Å². The fraction of sp³-hybridized carbons (Fsp3) is 0.151. The summed E-state index contributed by atoms with van der Waals surface area (Å²) >= 11 is 0. The summed E-state index contributed by atoms with van der Waals surface area (Å²) in [5.41, 5.74) is 21.0. The Morgan fingerprint density at radius 2 is 0.763 bits per heavy atom. The molecule has 0 radical (unpaired) electrons. The van der Waals surface area contributed by atoms with Crippen molar-refractivity contribution in [2.75, 3.05) is 0 Å². The number of hydrogen-bond donors (Lipinski definition) is 0. The number of carbonyl (C=O) groups is 1. The van der Waals surface area contributed by atoms with Gasteiger partial charge in [-0.1, -0.05) is 187 Å². The summed E-state index contributed by atoms with van der Waals surface area (Å²) in [6.45, 7) is 16.9. The molecule has 284 valence electrons. The molecule has 6 aromatic rings. The number of rotatable bonds is 5. The Hall–Kier alpha value is -3.52. The second-order valence-corrected chi connectivity index (χ2v) is 19.4. The molecule has 0 aromatic heterocycles. The van der Waals surface area contributed by atoms with Gasteiger partial charge in [-0.3, -0.25) is 4.79 Å². The Kier molecular flexibility index (Phi) is 22.1. The van der Waals surface area contributed by atoms with Crippen molar-refractivity contribution in [2.24, 2.45) is 0 Å². The molecule has 0 saturated heterocycles. The zero-order chi connectivity index (χ0) is 41.5. The summed E-state index contributed by atoms with van der Waals surface area (Å²) in [6, 6.07) is 42.5. The minimum absolute atomic E-state index is 0. The van der Waals surface area contributed by atoms with Crippen molar-refractivity contribution in [1.82, 2.24) is 0 Å². The van der Waals surface area contributed by atoms with Crippen LogP contribution in [-0.2, 0) is 9.68 Å². The molecule has 6 rings (SSSR count). The molecule has 59 heavy (non-hydrogen) atoms. The van der Waals surface area contributed by atoms with Crippen LogP contribution in [0.2, 0.25) is 19.6 Å². The molecule has 0 aliphatic heterocycles. The number of benzene rings is 6. The topological polar surface area (TPSA) is 49.4 Å². The Balaban J connectivity index is 0.000000533. The van der Waals surface area contributed by atoms with Gasteiger partial charge in [0.2, 0.25) is 0 Å². The first-order valence-corrected chi connectivity index (χ1v) is 22.1. The first-order valence-electron chi connectivity index (χ1n) is 18.6. The molecule has 0 amide bonds. The van der Waals surface area contributed by atoms with Crippen LogP contribution in [-0.4, -0.2) is 14.5 Å². The van der Waals surface area contributed by atoms with Crippen LogP contribution in [0.5, 0.6) is 0 Å². The summed E-state index contributed by atoms with van der Waals surface area (Å²) in [5.74, 6) is 15.7. The second-order valence-electron chi connectivity index (χ2n) is 14.6. The maximum absolute atomic E-state index is 8.64. The summed E-state index contributed by atoms with van der Waals surface area (Å²) in [7, 11) is -1.53. The molecule has 3 nitrogen and oxygen atoms in total. The summed E-state index contributed by atoms with van der Waals surface area (Å²) < 4.78 is 0. The molecular weight excluding hydrogens is 791 g/mol. The van der Waals surface area contributed by atoms with Gasteiger partial charge in [0.05, 0.1) is 0 Å².